The standard InChI is InChI=1S/C26H32Cl2N2O2S/c1-19(26(32)29-23-10-6-3-7-11-23)30(17-21-12-13-22(27)16-24(21)28)25(31)14-15-33-18-20-8-4-2-5-9-20/h2,4-5,8-9,12-13,16,19,23H,3,6-7,10-11,14-15,17-18H2,1H3,(H,29,32)/t19-/m0/s1. The summed E-state index contributed by atoms with van der Waals surface area (Å²) in [5.41, 5.74) is 2.02. The normalized spacial score (nSPS) is 15.1. The Morgan fingerprint density at radius 3 is 2.52 bits per heavy atom. The molecule has 0 heterocycles. The summed E-state index contributed by atoms with van der Waals surface area (Å²) in [4.78, 5) is 27.9. The lowest BCUT2D eigenvalue weighted by molar-refractivity contribution is -0.140. The van der Waals surface area contributed by atoms with E-state index in [1.54, 1.807) is 35.7 Å². The Labute approximate surface area is 211 Å². The monoisotopic (exact) mass is 506 g/mol. The van der Waals surface area contributed by atoms with E-state index in [2.05, 4.69) is 17.4 Å². The molecule has 1 atom stereocenters. The maximum atomic E-state index is 13.2. The van der Waals surface area contributed by atoms with Crippen molar-refractivity contribution in [2.24, 2.45) is 0 Å². The largest absolute Gasteiger partial charge is 0.352 e. The molecule has 33 heavy (non-hydrogen) atoms. The van der Waals surface area contributed by atoms with Crippen LogP contribution < -0.4 is 5.32 Å². The average molecular weight is 508 g/mol. The highest BCUT2D eigenvalue weighted by Crippen LogP contribution is 2.24. The minimum Gasteiger partial charge on any atom is -0.352 e. The Kier molecular flexibility index (Phi) is 10.4. The van der Waals surface area contributed by atoms with Crippen molar-refractivity contribution in [1.82, 2.24) is 10.2 Å². The number of carbonyl (C=O) groups is 2. The second-order valence-electron chi connectivity index (χ2n) is 8.57. The lowest BCUT2D eigenvalue weighted by Gasteiger charge is -2.31. The Morgan fingerprint density at radius 2 is 1.82 bits per heavy atom. The molecule has 2 amide bonds. The highest BCUT2D eigenvalue weighted by Gasteiger charge is 2.28. The molecule has 4 nitrogen and oxygen atoms in total. The summed E-state index contributed by atoms with van der Waals surface area (Å²) in [6.07, 6.45) is 5.88. The number of benzene rings is 2. The fraction of sp³-hybridized carbons (Fsp3) is 0.462. The zero-order valence-electron chi connectivity index (χ0n) is 19.1. The minimum atomic E-state index is -0.578. The number of rotatable bonds is 10. The van der Waals surface area contributed by atoms with Crippen molar-refractivity contribution in [2.45, 2.75) is 69.8 Å². The molecule has 1 saturated carbocycles. The summed E-state index contributed by atoms with van der Waals surface area (Å²) in [5.74, 6) is 1.40. The van der Waals surface area contributed by atoms with Crippen LogP contribution in [0.5, 0.6) is 0 Å². The van der Waals surface area contributed by atoms with E-state index in [1.165, 1.54) is 12.0 Å². The Balaban J connectivity index is 1.64. The number of hydrogen-bond acceptors (Lipinski definition) is 3. The maximum absolute atomic E-state index is 13.2. The van der Waals surface area contributed by atoms with Gasteiger partial charge in [0.05, 0.1) is 0 Å². The summed E-state index contributed by atoms with van der Waals surface area (Å²) < 4.78 is 0. The molecule has 3 rings (SSSR count). The van der Waals surface area contributed by atoms with E-state index >= 15 is 0 Å². The van der Waals surface area contributed by atoms with Crippen molar-refractivity contribution in [1.29, 1.82) is 0 Å². The van der Waals surface area contributed by atoms with Crippen molar-refractivity contribution in [3.8, 4) is 0 Å². The number of carbonyl (C=O) groups excluding carboxylic acids is 2. The van der Waals surface area contributed by atoms with Crippen LogP contribution in [-0.4, -0.2) is 34.6 Å². The number of nitrogens with one attached hydrogen (secondary N) is 1. The van der Waals surface area contributed by atoms with Crippen LogP contribution in [0, 0.1) is 0 Å². The van der Waals surface area contributed by atoms with Crippen LogP contribution in [0.25, 0.3) is 0 Å². The van der Waals surface area contributed by atoms with Crippen LogP contribution >= 0.6 is 35.0 Å². The van der Waals surface area contributed by atoms with Crippen molar-refractivity contribution < 1.29 is 9.59 Å². The third kappa shape index (κ3) is 8.24. The predicted molar refractivity (Wildman–Crippen MR) is 139 cm³/mol. The molecule has 2 aromatic carbocycles. The van der Waals surface area contributed by atoms with Gasteiger partial charge in [0, 0.05) is 40.6 Å². The van der Waals surface area contributed by atoms with Crippen LogP contribution in [0.15, 0.2) is 48.5 Å². The lowest BCUT2D eigenvalue weighted by Crippen LogP contribution is -2.50. The van der Waals surface area contributed by atoms with Gasteiger partial charge in [-0.25, -0.2) is 0 Å². The lowest BCUT2D eigenvalue weighted by atomic mass is 9.95. The van der Waals surface area contributed by atoms with Crippen molar-refractivity contribution in [3.63, 3.8) is 0 Å². The number of thioether (sulfide) groups is 1. The Hall–Kier alpha value is -1.69. The van der Waals surface area contributed by atoms with Crippen LogP contribution in [0.2, 0.25) is 10.0 Å². The van der Waals surface area contributed by atoms with Gasteiger partial charge in [-0.1, -0.05) is 78.9 Å². The first-order valence-electron chi connectivity index (χ1n) is 11.6. The predicted octanol–water partition coefficient (Wildman–Crippen LogP) is 6.48. The topological polar surface area (TPSA) is 49.4 Å². The van der Waals surface area contributed by atoms with Gasteiger partial charge in [-0.3, -0.25) is 9.59 Å². The Bertz CT molecular complexity index is 920. The van der Waals surface area contributed by atoms with Crippen molar-refractivity contribution in [2.75, 3.05) is 5.75 Å². The molecular formula is C26H32Cl2N2O2S. The first-order valence-corrected chi connectivity index (χ1v) is 13.5. The molecule has 1 aliphatic rings. The molecular weight excluding hydrogens is 475 g/mol. The summed E-state index contributed by atoms with van der Waals surface area (Å²) in [6.45, 7) is 2.08. The molecule has 178 valence electrons. The van der Waals surface area contributed by atoms with E-state index in [-0.39, 0.29) is 24.4 Å². The number of hydrogen-bond donors (Lipinski definition) is 1. The van der Waals surface area contributed by atoms with Gasteiger partial charge in [0.1, 0.15) is 6.04 Å². The van der Waals surface area contributed by atoms with E-state index < -0.39 is 6.04 Å². The molecule has 0 saturated heterocycles. The first-order chi connectivity index (χ1) is 15.9. The zero-order chi connectivity index (χ0) is 23.6. The van der Waals surface area contributed by atoms with Crippen LogP contribution in [0.4, 0.5) is 0 Å². The average Bonchev–Trinajstić information content (AvgIpc) is 2.82. The van der Waals surface area contributed by atoms with E-state index in [0.717, 1.165) is 37.0 Å². The first kappa shape index (κ1) is 25.9. The van der Waals surface area contributed by atoms with Gasteiger partial charge in [0.2, 0.25) is 11.8 Å². The third-order valence-corrected chi connectivity index (χ3v) is 7.66. The number of halogens is 2. The quantitative estimate of drug-likeness (QED) is 0.375. The third-order valence-electron chi connectivity index (χ3n) is 6.05. The molecule has 1 N–H and O–H groups in total. The van der Waals surface area contributed by atoms with Gasteiger partial charge in [0.15, 0.2) is 0 Å². The molecule has 0 aliphatic heterocycles. The molecule has 1 aliphatic carbocycles. The second kappa shape index (κ2) is 13.3. The van der Waals surface area contributed by atoms with Gasteiger partial charge in [-0.2, -0.15) is 11.8 Å². The van der Waals surface area contributed by atoms with Gasteiger partial charge in [-0.05, 0) is 43.0 Å². The summed E-state index contributed by atoms with van der Waals surface area (Å²) in [7, 11) is 0. The maximum Gasteiger partial charge on any atom is 0.242 e. The van der Waals surface area contributed by atoms with E-state index in [4.69, 9.17) is 23.2 Å². The second-order valence-corrected chi connectivity index (χ2v) is 10.5. The van der Waals surface area contributed by atoms with Gasteiger partial charge in [0.25, 0.3) is 0 Å². The Morgan fingerprint density at radius 1 is 1.09 bits per heavy atom. The fourth-order valence-electron chi connectivity index (χ4n) is 4.05. The molecule has 7 heteroatoms. The van der Waals surface area contributed by atoms with Gasteiger partial charge < -0.3 is 10.2 Å². The molecule has 0 spiro atoms. The molecule has 0 bridgehead atoms. The van der Waals surface area contributed by atoms with Crippen LogP contribution in [-0.2, 0) is 21.9 Å². The zero-order valence-corrected chi connectivity index (χ0v) is 21.4. The van der Waals surface area contributed by atoms with Gasteiger partial charge in [-0.15, -0.1) is 0 Å². The van der Waals surface area contributed by atoms with Crippen molar-refractivity contribution in [3.05, 3.63) is 69.7 Å². The van der Waals surface area contributed by atoms with Gasteiger partial charge >= 0.3 is 0 Å². The minimum absolute atomic E-state index is 0.0483. The fourth-order valence-corrected chi connectivity index (χ4v) is 5.41. The highest BCUT2D eigenvalue weighted by molar-refractivity contribution is 7.98. The van der Waals surface area contributed by atoms with E-state index in [1.807, 2.05) is 24.3 Å². The molecule has 1 fully saturated rings. The molecule has 0 aromatic heterocycles. The number of nitrogens with zero attached hydrogens (tertiary/aromatic N) is 1. The molecule has 2 aromatic rings. The highest BCUT2D eigenvalue weighted by atomic mass is 35.5. The summed E-state index contributed by atoms with van der Waals surface area (Å²) >= 11 is 14.1. The summed E-state index contributed by atoms with van der Waals surface area (Å²) in [5, 5.41) is 4.20. The smallest absolute Gasteiger partial charge is 0.242 e. The van der Waals surface area contributed by atoms with Crippen LogP contribution in [0.3, 0.4) is 0 Å². The van der Waals surface area contributed by atoms with E-state index in [9.17, 15) is 9.59 Å². The van der Waals surface area contributed by atoms with Crippen molar-refractivity contribution >= 4 is 46.8 Å². The summed E-state index contributed by atoms with van der Waals surface area (Å²) in [6, 6.07) is 15.1. The molecule has 0 unspecified atom stereocenters. The van der Waals surface area contributed by atoms with E-state index in [0.29, 0.717) is 22.2 Å². The SMILES string of the molecule is C[C@@H](C(=O)NC1CCCCC1)N(Cc1ccc(Cl)cc1Cl)C(=O)CCSCc1ccccc1. The van der Waals surface area contributed by atoms with Crippen LogP contribution in [0.1, 0.15) is 56.6 Å². The molecule has 0 radical (unpaired) electrons. The number of amides is 2.